The Morgan fingerprint density at radius 1 is 1.48 bits per heavy atom. The summed E-state index contributed by atoms with van der Waals surface area (Å²) >= 11 is 1.61. The number of aryl methyl sites for hydroxylation is 1. The molecule has 112 valence electrons. The number of nitrogens with zero attached hydrogens (tertiary/aromatic N) is 2. The molecule has 2 aromatic rings. The van der Waals surface area contributed by atoms with Gasteiger partial charge in [-0.1, -0.05) is 23.5 Å². The number of ether oxygens (including phenoxy) is 1. The molecule has 1 N–H and O–H groups in total. The Bertz CT molecular complexity index is 626. The van der Waals surface area contributed by atoms with Crippen LogP contribution in [0.1, 0.15) is 35.1 Å². The number of hydrogen-bond donors (Lipinski definition) is 1. The van der Waals surface area contributed by atoms with E-state index in [2.05, 4.69) is 11.0 Å². The lowest BCUT2D eigenvalue weighted by atomic mass is 10.0. The second kappa shape index (κ2) is 6.03. The quantitative estimate of drug-likeness (QED) is 0.942. The van der Waals surface area contributed by atoms with Crippen LogP contribution in [0.15, 0.2) is 24.3 Å². The van der Waals surface area contributed by atoms with Gasteiger partial charge in [0.15, 0.2) is 5.13 Å². The molecule has 0 amide bonds. The summed E-state index contributed by atoms with van der Waals surface area (Å²) in [5, 5.41) is 11.0. The SMILES string of the molecule is COc1cccc(CN(C)c2nc3c(s2)C(O)CCC3)c1. The van der Waals surface area contributed by atoms with E-state index in [4.69, 9.17) is 9.72 Å². The van der Waals surface area contributed by atoms with Gasteiger partial charge in [0.1, 0.15) is 5.75 Å². The summed E-state index contributed by atoms with van der Waals surface area (Å²) in [6, 6.07) is 8.07. The number of fused-ring (bicyclic) bond motifs is 1. The van der Waals surface area contributed by atoms with E-state index in [1.807, 2.05) is 25.2 Å². The number of anilines is 1. The van der Waals surface area contributed by atoms with Gasteiger partial charge < -0.3 is 14.7 Å². The van der Waals surface area contributed by atoms with Crippen molar-refractivity contribution < 1.29 is 9.84 Å². The monoisotopic (exact) mass is 304 g/mol. The van der Waals surface area contributed by atoms with Crippen molar-refractivity contribution >= 4 is 16.5 Å². The van der Waals surface area contributed by atoms with Gasteiger partial charge in [0.25, 0.3) is 0 Å². The fraction of sp³-hybridized carbons (Fsp3) is 0.438. The van der Waals surface area contributed by atoms with Crippen molar-refractivity contribution in [2.24, 2.45) is 0 Å². The van der Waals surface area contributed by atoms with E-state index in [-0.39, 0.29) is 6.10 Å². The van der Waals surface area contributed by atoms with Gasteiger partial charge in [-0.25, -0.2) is 4.98 Å². The van der Waals surface area contributed by atoms with Crippen molar-refractivity contribution in [3.63, 3.8) is 0 Å². The van der Waals surface area contributed by atoms with E-state index in [0.717, 1.165) is 47.3 Å². The van der Waals surface area contributed by atoms with Crippen molar-refractivity contribution in [2.75, 3.05) is 19.1 Å². The molecule has 0 spiro atoms. The second-order valence-electron chi connectivity index (χ2n) is 5.42. The standard InChI is InChI=1S/C16H20N2O2S/c1-18(10-11-5-3-6-12(9-11)20-2)16-17-13-7-4-8-14(19)15(13)21-16/h3,5-6,9,14,19H,4,7-8,10H2,1-2H3. The van der Waals surface area contributed by atoms with Gasteiger partial charge in [0.2, 0.25) is 0 Å². The Kier molecular flexibility index (Phi) is 4.12. The summed E-state index contributed by atoms with van der Waals surface area (Å²) in [5.74, 6) is 0.870. The number of methoxy groups -OCH3 is 1. The van der Waals surface area contributed by atoms with Gasteiger partial charge in [-0.3, -0.25) is 0 Å². The Morgan fingerprint density at radius 2 is 2.33 bits per heavy atom. The molecule has 21 heavy (non-hydrogen) atoms. The summed E-state index contributed by atoms with van der Waals surface area (Å²) in [6.07, 6.45) is 2.53. The third-order valence-electron chi connectivity index (χ3n) is 3.79. The summed E-state index contributed by atoms with van der Waals surface area (Å²) in [5.41, 5.74) is 2.26. The highest BCUT2D eigenvalue weighted by Gasteiger charge is 2.23. The third kappa shape index (κ3) is 3.04. The maximum absolute atomic E-state index is 10.0. The molecule has 0 aliphatic heterocycles. The molecular formula is C16H20N2O2S. The Balaban J connectivity index is 1.77. The van der Waals surface area contributed by atoms with Gasteiger partial charge in [0, 0.05) is 13.6 Å². The molecule has 0 radical (unpaired) electrons. The Morgan fingerprint density at radius 3 is 3.10 bits per heavy atom. The Labute approximate surface area is 129 Å². The molecule has 0 saturated carbocycles. The zero-order valence-corrected chi connectivity index (χ0v) is 13.2. The summed E-state index contributed by atoms with van der Waals surface area (Å²) < 4.78 is 5.26. The largest absolute Gasteiger partial charge is 0.497 e. The predicted molar refractivity (Wildman–Crippen MR) is 85.1 cm³/mol. The topological polar surface area (TPSA) is 45.6 Å². The van der Waals surface area contributed by atoms with Crippen LogP contribution in [0.25, 0.3) is 0 Å². The van der Waals surface area contributed by atoms with Crippen LogP contribution in [0.4, 0.5) is 5.13 Å². The minimum atomic E-state index is -0.329. The molecule has 0 saturated heterocycles. The molecule has 0 bridgehead atoms. The highest BCUT2D eigenvalue weighted by molar-refractivity contribution is 7.15. The van der Waals surface area contributed by atoms with Crippen LogP contribution in [0.2, 0.25) is 0 Å². The van der Waals surface area contributed by atoms with Crippen LogP contribution in [-0.4, -0.2) is 24.2 Å². The van der Waals surface area contributed by atoms with Crippen molar-refractivity contribution in [3.05, 3.63) is 40.4 Å². The van der Waals surface area contributed by atoms with E-state index >= 15 is 0 Å². The fourth-order valence-corrected chi connectivity index (χ4v) is 3.75. The molecule has 4 nitrogen and oxygen atoms in total. The minimum absolute atomic E-state index is 0.329. The average molecular weight is 304 g/mol. The highest BCUT2D eigenvalue weighted by atomic mass is 32.1. The lowest BCUT2D eigenvalue weighted by Crippen LogP contribution is -2.16. The van der Waals surface area contributed by atoms with E-state index in [9.17, 15) is 5.11 Å². The third-order valence-corrected chi connectivity index (χ3v) is 5.10. The van der Waals surface area contributed by atoms with Crippen molar-refractivity contribution in [3.8, 4) is 5.75 Å². The maximum atomic E-state index is 10.0. The molecular weight excluding hydrogens is 284 g/mol. The number of thiazole rings is 1. The van der Waals surface area contributed by atoms with Crippen LogP contribution in [-0.2, 0) is 13.0 Å². The summed E-state index contributed by atoms with van der Waals surface area (Å²) in [7, 11) is 3.72. The van der Waals surface area contributed by atoms with Crippen molar-refractivity contribution in [1.29, 1.82) is 0 Å². The molecule has 1 aromatic carbocycles. The van der Waals surface area contributed by atoms with Crippen LogP contribution >= 0.6 is 11.3 Å². The maximum Gasteiger partial charge on any atom is 0.185 e. The molecule has 1 atom stereocenters. The first-order valence-corrected chi connectivity index (χ1v) is 8.00. The molecule has 1 aromatic heterocycles. The smallest absolute Gasteiger partial charge is 0.185 e. The Hall–Kier alpha value is -1.59. The number of aliphatic hydroxyl groups is 1. The van der Waals surface area contributed by atoms with Crippen molar-refractivity contribution in [1.82, 2.24) is 4.98 Å². The first kappa shape index (κ1) is 14.4. The highest BCUT2D eigenvalue weighted by Crippen LogP contribution is 2.37. The lowest BCUT2D eigenvalue weighted by molar-refractivity contribution is 0.160. The predicted octanol–water partition coefficient (Wildman–Crippen LogP) is 3.16. The lowest BCUT2D eigenvalue weighted by Gasteiger charge is -2.16. The molecule has 1 heterocycles. The molecule has 0 fully saturated rings. The zero-order chi connectivity index (χ0) is 14.8. The van der Waals surface area contributed by atoms with E-state index in [0.29, 0.717) is 0 Å². The fourth-order valence-electron chi connectivity index (χ4n) is 2.66. The van der Waals surface area contributed by atoms with Crippen LogP contribution in [0, 0.1) is 0 Å². The average Bonchev–Trinajstić information content (AvgIpc) is 2.93. The molecule has 5 heteroatoms. The number of aromatic nitrogens is 1. The van der Waals surface area contributed by atoms with E-state index < -0.39 is 0 Å². The van der Waals surface area contributed by atoms with Gasteiger partial charge in [-0.2, -0.15) is 0 Å². The molecule has 1 unspecified atom stereocenters. The van der Waals surface area contributed by atoms with E-state index in [1.165, 1.54) is 5.56 Å². The van der Waals surface area contributed by atoms with Gasteiger partial charge in [0.05, 0.1) is 23.8 Å². The molecule has 3 rings (SSSR count). The summed E-state index contributed by atoms with van der Waals surface area (Å²) in [4.78, 5) is 7.87. The normalized spacial score (nSPS) is 17.4. The zero-order valence-electron chi connectivity index (χ0n) is 12.4. The number of rotatable bonds is 4. The van der Waals surface area contributed by atoms with Crippen LogP contribution < -0.4 is 9.64 Å². The second-order valence-corrected chi connectivity index (χ2v) is 6.43. The first-order chi connectivity index (χ1) is 10.2. The van der Waals surface area contributed by atoms with Crippen LogP contribution in [0.5, 0.6) is 5.75 Å². The van der Waals surface area contributed by atoms with Gasteiger partial charge in [-0.15, -0.1) is 0 Å². The van der Waals surface area contributed by atoms with Gasteiger partial charge >= 0.3 is 0 Å². The molecule has 1 aliphatic rings. The minimum Gasteiger partial charge on any atom is -0.497 e. The van der Waals surface area contributed by atoms with E-state index in [1.54, 1.807) is 18.4 Å². The number of benzene rings is 1. The summed E-state index contributed by atoms with van der Waals surface area (Å²) in [6.45, 7) is 0.777. The first-order valence-electron chi connectivity index (χ1n) is 7.19. The number of aliphatic hydroxyl groups excluding tert-OH is 1. The van der Waals surface area contributed by atoms with Gasteiger partial charge in [-0.05, 0) is 37.0 Å². The van der Waals surface area contributed by atoms with Crippen molar-refractivity contribution in [2.45, 2.75) is 31.9 Å². The number of hydrogen-bond acceptors (Lipinski definition) is 5. The van der Waals surface area contributed by atoms with Crippen LogP contribution in [0.3, 0.4) is 0 Å². The molecule has 1 aliphatic carbocycles.